The van der Waals surface area contributed by atoms with Gasteiger partial charge < -0.3 is 18.8 Å². The van der Waals surface area contributed by atoms with E-state index in [-0.39, 0.29) is 17.8 Å². The molecule has 0 radical (unpaired) electrons. The number of amides is 1. The summed E-state index contributed by atoms with van der Waals surface area (Å²) >= 11 is 6.34. The normalized spacial score (nSPS) is 16.8. The summed E-state index contributed by atoms with van der Waals surface area (Å²) in [6.45, 7) is 2.81. The lowest BCUT2D eigenvalue weighted by Gasteiger charge is -2.33. The van der Waals surface area contributed by atoms with E-state index >= 15 is 0 Å². The third-order valence-corrected chi connectivity index (χ3v) is 6.38. The first-order valence-electron chi connectivity index (χ1n) is 11.2. The van der Waals surface area contributed by atoms with Crippen LogP contribution in [0.25, 0.3) is 22.1 Å². The number of hydrogen-bond donors (Lipinski definition) is 0. The van der Waals surface area contributed by atoms with Crippen molar-refractivity contribution in [2.45, 2.75) is 32.3 Å². The lowest BCUT2D eigenvalue weighted by atomic mass is 9.94. The summed E-state index contributed by atoms with van der Waals surface area (Å²) in [5, 5.41) is 1.24. The Morgan fingerprint density at radius 3 is 2.74 bits per heavy atom. The van der Waals surface area contributed by atoms with E-state index in [9.17, 15) is 14.4 Å². The zero-order valence-electron chi connectivity index (χ0n) is 19.1. The van der Waals surface area contributed by atoms with Crippen molar-refractivity contribution in [1.82, 2.24) is 4.90 Å². The minimum atomic E-state index is -0.743. The fraction of sp³-hybridized carbons (Fsp3) is 0.346. The van der Waals surface area contributed by atoms with Gasteiger partial charge in [0.25, 0.3) is 5.91 Å². The molecule has 0 bridgehead atoms. The number of carbonyl (C=O) groups excluding carboxylic acids is 2. The minimum Gasteiger partial charge on any atom is -0.481 e. The molecule has 1 unspecified atom stereocenters. The van der Waals surface area contributed by atoms with Crippen LogP contribution >= 0.6 is 11.6 Å². The standard InChI is InChI=1S/C26H26ClNO6/c1-16(26(31)28-11-5-6-17(15-28)12-24(29)32-2)33-18-9-10-20-21(14-25(30)34-23(20)13-18)19-7-3-4-8-22(19)27/h3-4,7-10,13-14,16-17H,5-6,11-12,15H2,1-2H3/t16?,17-/m1/s1. The van der Waals surface area contributed by atoms with Gasteiger partial charge in [-0.2, -0.15) is 0 Å². The third-order valence-electron chi connectivity index (χ3n) is 6.05. The highest BCUT2D eigenvalue weighted by atomic mass is 35.5. The Morgan fingerprint density at radius 1 is 1.18 bits per heavy atom. The van der Waals surface area contributed by atoms with Gasteiger partial charge in [-0.3, -0.25) is 9.59 Å². The first kappa shape index (κ1) is 23.8. The highest BCUT2D eigenvalue weighted by Gasteiger charge is 2.29. The zero-order valence-corrected chi connectivity index (χ0v) is 19.8. The molecule has 34 heavy (non-hydrogen) atoms. The van der Waals surface area contributed by atoms with E-state index in [0.717, 1.165) is 18.4 Å². The Labute approximate surface area is 202 Å². The molecule has 2 atom stereocenters. The summed E-state index contributed by atoms with van der Waals surface area (Å²) in [4.78, 5) is 38.6. The van der Waals surface area contributed by atoms with Gasteiger partial charge in [-0.1, -0.05) is 29.8 Å². The number of carbonyl (C=O) groups is 2. The molecule has 8 heteroatoms. The average Bonchev–Trinajstić information content (AvgIpc) is 2.83. The first-order chi connectivity index (χ1) is 16.4. The predicted octanol–water partition coefficient (Wildman–Crippen LogP) is 4.68. The molecule has 178 valence electrons. The number of benzene rings is 2. The van der Waals surface area contributed by atoms with E-state index in [1.807, 2.05) is 18.2 Å². The number of esters is 1. The van der Waals surface area contributed by atoms with Crippen molar-refractivity contribution in [3.05, 3.63) is 64.0 Å². The van der Waals surface area contributed by atoms with Gasteiger partial charge in [-0.25, -0.2) is 4.79 Å². The molecule has 1 saturated heterocycles. The topological polar surface area (TPSA) is 86.0 Å². The molecule has 2 heterocycles. The molecule has 7 nitrogen and oxygen atoms in total. The second kappa shape index (κ2) is 10.3. The van der Waals surface area contributed by atoms with Crippen LogP contribution in [0.15, 0.2) is 57.7 Å². The fourth-order valence-corrected chi connectivity index (χ4v) is 4.62. The molecule has 1 aromatic heterocycles. The Balaban J connectivity index is 1.52. The monoisotopic (exact) mass is 483 g/mol. The maximum absolute atomic E-state index is 13.0. The number of halogens is 1. The second-order valence-electron chi connectivity index (χ2n) is 8.45. The van der Waals surface area contributed by atoms with Crippen LogP contribution < -0.4 is 10.4 Å². The van der Waals surface area contributed by atoms with Gasteiger partial charge in [-0.15, -0.1) is 0 Å². The summed E-state index contributed by atoms with van der Waals surface area (Å²) in [5.74, 6) is 0.0739. The van der Waals surface area contributed by atoms with Crippen molar-refractivity contribution < 1.29 is 23.5 Å². The Bertz CT molecular complexity index is 1270. The third kappa shape index (κ3) is 5.25. The summed E-state index contributed by atoms with van der Waals surface area (Å²) in [5.41, 5.74) is 1.23. The van der Waals surface area contributed by atoms with Gasteiger partial charge in [-0.05, 0) is 43.9 Å². The number of rotatable bonds is 6. The fourth-order valence-electron chi connectivity index (χ4n) is 4.38. The van der Waals surface area contributed by atoms with Crippen LogP contribution in [-0.4, -0.2) is 43.1 Å². The quantitative estimate of drug-likeness (QED) is 0.373. The van der Waals surface area contributed by atoms with Gasteiger partial charge in [0.05, 0.1) is 7.11 Å². The summed E-state index contributed by atoms with van der Waals surface area (Å²) in [7, 11) is 1.37. The highest BCUT2D eigenvalue weighted by molar-refractivity contribution is 6.33. The molecule has 4 rings (SSSR count). The van der Waals surface area contributed by atoms with E-state index < -0.39 is 11.7 Å². The van der Waals surface area contributed by atoms with E-state index in [2.05, 4.69) is 0 Å². The molecule has 1 fully saturated rings. The highest BCUT2D eigenvalue weighted by Crippen LogP contribution is 2.34. The van der Waals surface area contributed by atoms with Crippen LogP contribution in [-0.2, 0) is 14.3 Å². The largest absolute Gasteiger partial charge is 0.481 e. The van der Waals surface area contributed by atoms with Gasteiger partial charge in [0.1, 0.15) is 11.3 Å². The average molecular weight is 484 g/mol. The molecular weight excluding hydrogens is 458 g/mol. The second-order valence-corrected chi connectivity index (χ2v) is 8.86. The number of hydrogen-bond acceptors (Lipinski definition) is 6. The number of piperidine rings is 1. The molecule has 1 aliphatic rings. The Hall–Kier alpha value is -3.32. The summed E-state index contributed by atoms with van der Waals surface area (Å²) in [6, 6.07) is 13.8. The molecule has 0 saturated carbocycles. The van der Waals surface area contributed by atoms with Crippen LogP contribution in [0.5, 0.6) is 5.75 Å². The van der Waals surface area contributed by atoms with Gasteiger partial charge in [0.2, 0.25) is 0 Å². The van der Waals surface area contributed by atoms with E-state index in [0.29, 0.717) is 46.8 Å². The smallest absolute Gasteiger partial charge is 0.336 e. The van der Waals surface area contributed by atoms with Crippen LogP contribution in [0.3, 0.4) is 0 Å². The van der Waals surface area contributed by atoms with Gasteiger partial charge in [0, 0.05) is 53.2 Å². The lowest BCUT2D eigenvalue weighted by molar-refractivity contribution is -0.145. The van der Waals surface area contributed by atoms with Crippen LogP contribution in [0.2, 0.25) is 5.02 Å². The van der Waals surface area contributed by atoms with E-state index in [1.54, 1.807) is 36.1 Å². The summed E-state index contributed by atoms with van der Waals surface area (Å²) in [6.07, 6.45) is 1.26. The van der Waals surface area contributed by atoms with E-state index in [1.165, 1.54) is 13.2 Å². The molecule has 0 spiro atoms. The van der Waals surface area contributed by atoms with Crippen molar-refractivity contribution in [2.24, 2.45) is 5.92 Å². The van der Waals surface area contributed by atoms with E-state index in [4.69, 9.17) is 25.5 Å². The maximum Gasteiger partial charge on any atom is 0.336 e. The summed E-state index contributed by atoms with van der Waals surface area (Å²) < 4.78 is 16.1. The molecule has 2 aromatic carbocycles. The zero-order chi connectivity index (χ0) is 24.2. The molecule has 1 aliphatic heterocycles. The van der Waals surface area contributed by atoms with Crippen molar-refractivity contribution >= 4 is 34.4 Å². The molecule has 3 aromatic rings. The number of fused-ring (bicyclic) bond motifs is 1. The Morgan fingerprint density at radius 2 is 1.97 bits per heavy atom. The number of nitrogens with zero attached hydrogens (tertiary/aromatic N) is 1. The molecule has 0 aliphatic carbocycles. The SMILES string of the molecule is COC(=O)C[C@H]1CCCN(C(=O)C(C)Oc2ccc3c(-c4ccccc4Cl)cc(=O)oc3c2)C1. The van der Waals surface area contributed by atoms with Crippen molar-refractivity contribution in [2.75, 3.05) is 20.2 Å². The number of methoxy groups -OCH3 is 1. The minimum absolute atomic E-state index is 0.0792. The van der Waals surface area contributed by atoms with Crippen molar-refractivity contribution in [3.63, 3.8) is 0 Å². The Kier molecular flexibility index (Phi) is 7.22. The van der Waals surface area contributed by atoms with Gasteiger partial charge in [0.15, 0.2) is 6.10 Å². The molecular formula is C26H26ClNO6. The molecule has 0 N–H and O–H groups in total. The maximum atomic E-state index is 13.0. The number of likely N-dealkylation sites (tertiary alicyclic amines) is 1. The number of ether oxygens (including phenoxy) is 2. The van der Waals surface area contributed by atoms with Crippen molar-refractivity contribution in [1.29, 1.82) is 0 Å². The van der Waals surface area contributed by atoms with Crippen LogP contribution in [0, 0.1) is 5.92 Å². The van der Waals surface area contributed by atoms with Crippen LogP contribution in [0.4, 0.5) is 0 Å². The predicted molar refractivity (Wildman–Crippen MR) is 129 cm³/mol. The first-order valence-corrected chi connectivity index (χ1v) is 11.6. The van der Waals surface area contributed by atoms with Crippen LogP contribution in [0.1, 0.15) is 26.2 Å². The molecule has 1 amide bonds. The van der Waals surface area contributed by atoms with Gasteiger partial charge >= 0.3 is 11.6 Å². The van der Waals surface area contributed by atoms with Crippen molar-refractivity contribution in [3.8, 4) is 16.9 Å². The lowest BCUT2D eigenvalue weighted by Crippen LogP contribution is -2.46.